The zero-order chi connectivity index (χ0) is 14.7. The van der Waals surface area contributed by atoms with Crippen molar-refractivity contribution in [3.8, 4) is 0 Å². The summed E-state index contributed by atoms with van der Waals surface area (Å²) in [6, 6.07) is 0.180. The number of nitrogens with two attached hydrogens (primary N) is 1. The maximum absolute atomic E-state index is 12.4. The van der Waals surface area contributed by atoms with Crippen LogP contribution < -0.4 is 11.1 Å². The van der Waals surface area contributed by atoms with Crippen LogP contribution in [-0.2, 0) is 4.79 Å². The van der Waals surface area contributed by atoms with Gasteiger partial charge in [0.1, 0.15) is 4.88 Å². The lowest BCUT2D eigenvalue weighted by Gasteiger charge is -2.32. The molecule has 1 aromatic heterocycles. The number of likely N-dealkylation sites (tertiary alicyclic amines) is 1. The summed E-state index contributed by atoms with van der Waals surface area (Å²) < 4.78 is 0. The second-order valence-corrected chi connectivity index (χ2v) is 5.98. The normalized spacial score (nSPS) is 16.2. The molecule has 20 heavy (non-hydrogen) atoms. The molecule has 0 radical (unpaired) electrons. The largest absolute Gasteiger partial charge is 0.375 e. The predicted octanol–water partition coefficient (Wildman–Crippen LogP) is 1.16. The molecule has 1 aliphatic rings. The van der Waals surface area contributed by atoms with Gasteiger partial charge in [0.15, 0.2) is 5.13 Å². The number of carbonyl (C=O) groups is 2. The molecule has 2 heterocycles. The summed E-state index contributed by atoms with van der Waals surface area (Å²) in [5, 5.41) is 3.40. The molecule has 0 unspecified atom stereocenters. The van der Waals surface area contributed by atoms with Crippen LogP contribution in [0.1, 0.15) is 41.6 Å². The van der Waals surface area contributed by atoms with E-state index in [-0.39, 0.29) is 17.9 Å². The van der Waals surface area contributed by atoms with Gasteiger partial charge in [-0.1, -0.05) is 18.3 Å². The number of nitrogens with one attached hydrogen (secondary N) is 1. The van der Waals surface area contributed by atoms with Gasteiger partial charge in [0, 0.05) is 25.6 Å². The van der Waals surface area contributed by atoms with E-state index in [9.17, 15) is 9.59 Å². The van der Waals surface area contributed by atoms with Crippen LogP contribution in [-0.4, -0.2) is 40.8 Å². The number of hydrogen-bond acceptors (Lipinski definition) is 5. The van der Waals surface area contributed by atoms with Crippen molar-refractivity contribution in [2.24, 2.45) is 0 Å². The number of carbonyl (C=O) groups excluding carboxylic acids is 2. The van der Waals surface area contributed by atoms with Crippen molar-refractivity contribution in [2.45, 2.75) is 39.2 Å². The van der Waals surface area contributed by atoms with Gasteiger partial charge < -0.3 is 16.0 Å². The SMILES string of the molecule is CCC(=O)NC1CCN(C(=O)c2sc(N)nc2C)CC1. The maximum atomic E-state index is 12.4. The molecule has 1 aliphatic heterocycles. The number of amides is 2. The van der Waals surface area contributed by atoms with Gasteiger partial charge in [0.25, 0.3) is 5.91 Å². The Morgan fingerprint density at radius 2 is 2.10 bits per heavy atom. The highest BCUT2D eigenvalue weighted by molar-refractivity contribution is 7.17. The molecular formula is C13H20N4O2S. The Morgan fingerprint density at radius 1 is 1.45 bits per heavy atom. The van der Waals surface area contributed by atoms with E-state index < -0.39 is 0 Å². The molecule has 0 aromatic carbocycles. The Hall–Kier alpha value is -1.63. The van der Waals surface area contributed by atoms with Crippen molar-refractivity contribution in [1.29, 1.82) is 0 Å². The molecule has 0 bridgehead atoms. The minimum Gasteiger partial charge on any atom is -0.375 e. The molecule has 1 fully saturated rings. The van der Waals surface area contributed by atoms with E-state index in [0.717, 1.165) is 12.8 Å². The number of nitrogens with zero attached hydrogens (tertiary/aromatic N) is 2. The Labute approximate surface area is 122 Å². The van der Waals surface area contributed by atoms with E-state index in [1.807, 2.05) is 11.8 Å². The molecule has 1 saturated heterocycles. The number of hydrogen-bond donors (Lipinski definition) is 2. The van der Waals surface area contributed by atoms with E-state index in [1.165, 1.54) is 11.3 Å². The first-order valence-corrected chi connectivity index (χ1v) is 7.64. The van der Waals surface area contributed by atoms with Gasteiger partial charge in [0.05, 0.1) is 5.69 Å². The van der Waals surface area contributed by atoms with Gasteiger partial charge in [-0.25, -0.2) is 4.98 Å². The molecule has 2 rings (SSSR count). The number of aromatic nitrogens is 1. The third-order valence-corrected chi connectivity index (χ3v) is 4.45. The molecule has 0 spiro atoms. The van der Waals surface area contributed by atoms with Crippen LogP contribution in [0.3, 0.4) is 0 Å². The molecule has 0 aliphatic carbocycles. The number of nitrogen functional groups attached to an aromatic ring is 1. The van der Waals surface area contributed by atoms with Gasteiger partial charge >= 0.3 is 0 Å². The highest BCUT2D eigenvalue weighted by Gasteiger charge is 2.26. The zero-order valence-electron chi connectivity index (χ0n) is 11.8. The Balaban J connectivity index is 1.92. The van der Waals surface area contributed by atoms with Crippen LogP contribution in [0.4, 0.5) is 5.13 Å². The monoisotopic (exact) mass is 296 g/mol. The Morgan fingerprint density at radius 3 is 2.60 bits per heavy atom. The summed E-state index contributed by atoms with van der Waals surface area (Å²) in [5.74, 6) is 0.0674. The highest BCUT2D eigenvalue weighted by Crippen LogP contribution is 2.23. The first kappa shape index (κ1) is 14.8. The summed E-state index contributed by atoms with van der Waals surface area (Å²) in [5.41, 5.74) is 6.32. The molecule has 2 amide bonds. The van der Waals surface area contributed by atoms with E-state index >= 15 is 0 Å². The quantitative estimate of drug-likeness (QED) is 0.876. The molecule has 6 nitrogen and oxygen atoms in total. The van der Waals surface area contributed by atoms with Crippen LogP contribution in [0.2, 0.25) is 0 Å². The van der Waals surface area contributed by atoms with Crippen LogP contribution in [0.5, 0.6) is 0 Å². The maximum Gasteiger partial charge on any atom is 0.265 e. The van der Waals surface area contributed by atoms with Gasteiger partial charge in [0.2, 0.25) is 5.91 Å². The summed E-state index contributed by atoms with van der Waals surface area (Å²) >= 11 is 1.24. The third-order valence-electron chi connectivity index (χ3n) is 3.48. The number of thiazole rings is 1. The van der Waals surface area contributed by atoms with Crippen LogP contribution in [0, 0.1) is 6.92 Å². The number of anilines is 1. The van der Waals surface area contributed by atoms with Gasteiger partial charge in [-0.05, 0) is 19.8 Å². The van der Waals surface area contributed by atoms with Crippen LogP contribution in [0.15, 0.2) is 0 Å². The number of aryl methyl sites for hydroxylation is 1. The molecule has 7 heteroatoms. The van der Waals surface area contributed by atoms with E-state index in [1.54, 1.807) is 6.92 Å². The van der Waals surface area contributed by atoms with Crippen molar-refractivity contribution in [3.63, 3.8) is 0 Å². The van der Waals surface area contributed by atoms with Gasteiger partial charge in [-0.2, -0.15) is 0 Å². The molecule has 0 atom stereocenters. The van der Waals surface area contributed by atoms with Crippen molar-refractivity contribution >= 4 is 28.3 Å². The summed E-state index contributed by atoms with van der Waals surface area (Å²) in [6.45, 7) is 4.95. The van der Waals surface area contributed by atoms with Gasteiger partial charge in [-0.15, -0.1) is 0 Å². The van der Waals surface area contributed by atoms with Crippen molar-refractivity contribution in [1.82, 2.24) is 15.2 Å². The second-order valence-electron chi connectivity index (χ2n) is 4.95. The topological polar surface area (TPSA) is 88.3 Å². The molecule has 0 saturated carbocycles. The lowest BCUT2D eigenvalue weighted by molar-refractivity contribution is -0.121. The van der Waals surface area contributed by atoms with Crippen LogP contribution >= 0.6 is 11.3 Å². The summed E-state index contributed by atoms with van der Waals surface area (Å²) in [4.78, 5) is 30.2. The lowest BCUT2D eigenvalue weighted by atomic mass is 10.0. The smallest absolute Gasteiger partial charge is 0.265 e. The van der Waals surface area contributed by atoms with Crippen molar-refractivity contribution < 1.29 is 9.59 Å². The second kappa shape index (κ2) is 6.21. The lowest BCUT2D eigenvalue weighted by Crippen LogP contribution is -2.46. The fraction of sp³-hybridized carbons (Fsp3) is 0.615. The average molecular weight is 296 g/mol. The summed E-state index contributed by atoms with van der Waals surface area (Å²) in [7, 11) is 0. The zero-order valence-corrected chi connectivity index (χ0v) is 12.6. The molecule has 110 valence electrons. The standard InChI is InChI=1S/C13H20N4O2S/c1-3-10(18)16-9-4-6-17(7-5-9)12(19)11-8(2)15-13(14)20-11/h9H,3-7H2,1-2H3,(H2,14,15)(H,16,18). The Kier molecular flexibility index (Phi) is 4.59. The predicted molar refractivity (Wildman–Crippen MR) is 78.6 cm³/mol. The first-order chi connectivity index (χ1) is 9.51. The van der Waals surface area contributed by atoms with Crippen molar-refractivity contribution in [3.05, 3.63) is 10.6 Å². The average Bonchev–Trinajstić information content (AvgIpc) is 2.77. The summed E-state index contributed by atoms with van der Waals surface area (Å²) in [6.07, 6.45) is 2.09. The molecular weight excluding hydrogens is 276 g/mol. The molecule has 3 N–H and O–H groups in total. The molecule has 1 aromatic rings. The van der Waals surface area contributed by atoms with Crippen LogP contribution in [0.25, 0.3) is 0 Å². The minimum atomic E-state index is -0.00281. The third kappa shape index (κ3) is 3.27. The minimum absolute atomic E-state index is 0.00281. The van der Waals surface area contributed by atoms with E-state index in [2.05, 4.69) is 10.3 Å². The fourth-order valence-electron chi connectivity index (χ4n) is 2.32. The first-order valence-electron chi connectivity index (χ1n) is 6.82. The van der Waals surface area contributed by atoms with Crippen molar-refractivity contribution in [2.75, 3.05) is 18.8 Å². The fourth-order valence-corrected chi connectivity index (χ4v) is 3.12. The number of rotatable bonds is 3. The number of piperidine rings is 1. The Bertz CT molecular complexity index is 506. The highest BCUT2D eigenvalue weighted by atomic mass is 32.1. The van der Waals surface area contributed by atoms with E-state index in [4.69, 9.17) is 5.73 Å². The van der Waals surface area contributed by atoms with E-state index in [0.29, 0.717) is 35.2 Å². The van der Waals surface area contributed by atoms with Gasteiger partial charge in [-0.3, -0.25) is 9.59 Å².